The molecular weight excluding hydrogens is 817 g/mol. The largest absolute Gasteiger partial charge is 0.489 e. The van der Waals surface area contributed by atoms with E-state index in [2.05, 4.69) is 136 Å². The fraction of sp³-hybridized carbons (Fsp3) is 0.469. The second-order valence-corrected chi connectivity index (χ2v) is 19.3. The van der Waals surface area contributed by atoms with Gasteiger partial charge in [-0.25, -0.2) is 0 Å². The number of ether oxygens (including phenoxy) is 3. The molecule has 356 valence electrons. The number of hydrogen-bond donors (Lipinski definition) is 0. The topological polar surface area (TPSA) is 27.7 Å². The second-order valence-electron chi connectivity index (χ2n) is 19.3. The van der Waals surface area contributed by atoms with Crippen molar-refractivity contribution in [3.05, 3.63) is 115 Å². The average molecular weight is 899 g/mol. The van der Waals surface area contributed by atoms with Gasteiger partial charge in [-0.2, -0.15) is 0 Å². The van der Waals surface area contributed by atoms with Crippen molar-refractivity contribution in [1.82, 2.24) is 0 Å². The van der Waals surface area contributed by atoms with Gasteiger partial charge in [0.1, 0.15) is 0 Å². The Bertz CT molecular complexity index is 2280. The van der Waals surface area contributed by atoms with Crippen LogP contribution in [0, 0.1) is 0 Å². The van der Waals surface area contributed by atoms with E-state index in [1.807, 2.05) is 0 Å². The fourth-order valence-electron chi connectivity index (χ4n) is 10.3. The lowest BCUT2D eigenvalue weighted by Crippen LogP contribution is -2.09. The van der Waals surface area contributed by atoms with Gasteiger partial charge in [-0.15, -0.1) is 0 Å². The summed E-state index contributed by atoms with van der Waals surface area (Å²) in [7, 11) is 0. The molecule has 0 aromatic heterocycles. The van der Waals surface area contributed by atoms with Gasteiger partial charge in [-0.05, 0) is 80.6 Å². The molecule has 0 N–H and O–H groups in total. The van der Waals surface area contributed by atoms with Crippen LogP contribution in [0.3, 0.4) is 0 Å². The molecule has 0 fully saturated rings. The van der Waals surface area contributed by atoms with Crippen molar-refractivity contribution < 1.29 is 14.2 Å². The zero-order chi connectivity index (χ0) is 46.3. The molecule has 7 aromatic carbocycles. The molecule has 0 saturated carbocycles. The van der Waals surface area contributed by atoms with E-state index in [1.165, 1.54) is 170 Å². The Balaban J connectivity index is 1.39. The maximum atomic E-state index is 7.30. The first kappa shape index (κ1) is 49.9. The number of unbranched alkanes of at least 4 members (excludes halogenated alkanes) is 21. The van der Waals surface area contributed by atoms with Gasteiger partial charge in [0.15, 0.2) is 11.5 Å². The zero-order valence-electron chi connectivity index (χ0n) is 41.8. The Kier molecular flexibility index (Phi) is 20.6. The highest BCUT2D eigenvalue weighted by Crippen LogP contribution is 2.55. The highest BCUT2D eigenvalue weighted by atomic mass is 16.5. The molecule has 7 rings (SSSR count). The van der Waals surface area contributed by atoms with Crippen LogP contribution in [0.2, 0.25) is 0 Å². The molecular formula is C64H82O3. The van der Waals surface area contributed by atoms with Crippen molar-refractivity contribution in [3.8, 4) is 39.5 Å². The highest BCUT2D eigenvalue weighted by Gasteiger charge is 2.28. The van der Waals surface area contributed by atoms with Crippen molar-refractivity contribution >= 4 is 43.1 Å². The first-order chi connectivity index (χ1) is 33.2. The van der Waals surface area contributed by atoms with Gasteiger partial charge < -0.3 is 14.2 Å². The predicted octanol–water partition coefficient (Wildman–Crippen LogP) is 20.2. The summed E-state index contributed by atoms with van der Waals surface area (Å²) in [5, 5.41) is 9.75. The second kappa shape index (κ2) is 27.7. The summed E-state index contributed by atoms with van der Waals surface area (Å²) in [5.41, 5.74) is 4.53. The van der Waals surface area contributed by atoms with Crippen molar-refractivity contribution in [2.75, 3.05) is 19.8 Å². The van der Waals surface area contributed by atoms with Crippen molar-refractivity contribution in [3.63, 3.8) is 0 Å². The van der Waals surface area contributed by atoms with Crippen molar-refractivity contribution in [2.45, 2.75) is 175 Å². The Morgan fingerprint density at radius 1 is 0.269 bits per heavy atom. The summed E-state index contributed by atoms with van der Waals surface area (Å²) in [6, 6.07) is 42.7. The third-order valence-corrected chi connectivity index (χ3v) is 14.0. The van der Waals surface area contributed by atoms with E-state index in [4.69, 9.17) is 14.2 Å². The SMILES string of the molecule is CCCCCCCCCCOc1c(-c2c3ccccc3cc3ccccc23)cc(-c2c3ccccc3cc3ccccc23)c(OCCCCCCCCCC)c1OCCCCCCCCCC. The molecule has 0 aliphatic rings. The molecule has 3 heteroatoms. The van der Waals surface area contributed by atoms with Crippen LogP contribution in [0.1, 0.15) is 175 Å². The maximum absolute atomic E-state index is 7.30. The maximum Gasteiger partial charge on any atom is 0.204 e. The minimum atomic E-state index is 0.618. The third kappa shape index (κ3) is 13.8. The fourth-order valence-corrected chi connectivity index (χ4v) is 10.3. The van der Waals surface area contributed by atoms with Gasteiger partial charge in [0.2, 0.25) is 5.75 Å². The van der Waals surface area contributed by atoms with Gasteiger partial charge in [-0.3, -0.25) is 0 Å². The van der Waals surface area contributed by atoms with Crippen LogP contribution >= 0.6 is 0 Å². The molecule has 7 aromatic rings. The van der Waals surface area contributed by atoms with Crippen LogP contribution in [0.15, 0.2) is 115 Å². The summed E-state index contributed by atoms with van der Waals surface area (Å²) < 4.78 is 21.9. The first-order valence-corrected chi connectivity index (χ1v) is 27.1. The molecule has 0 spiro atoms. The summed E-state index contributed by atoms with van der Waals surface area (Å²) in [4.78, 5) is 0. The Hall–Kier alpha value is -5.02. The number of fused-ring (bicyclic) bond motifs is 4. The smallest absolute Gasteiger partial charge is 0.204 e. The number of hydrogen-bond acceptors (Lipinski definition) is 3. The molecule has 0 heterocycles. The van der Waals surface area contributed by atoms with Crippen LogP contribution in [-0.4, -0.2) is 19.8 Å². The van der Waals surface area contributed by atoms with Crippen molar-refractivity contribution in [1.29, 1.82) is 0 Å². The molecule has 0 saturated heterocycles. The normalized spacial score (nSPS) is 11.6. The van der Waals surface area contributed by atoms with Gasteiger partial charge in [0.05, 0.1) is 19.8 Å². The van der Waals surface area contributed by atoms with Crippen LogP contribution in [0.25, 0.3) is 65.3 Å². The Labute approximate surface area is 405 Å². The molecule has 0 atom stereocenters. The van der Waals surface area contributed by atoms with E-state index >= 15 is 0 Å². The minimum Gasteiger partial charge on any atom is -0.489 e. The number of rotatable bonds is 32. The molecule has 0 amide bonds. The molecule has 0 aliphatic carbocycles. The van der Waals surface area contributed by atoms with Crippen LogP contribution in [0.5, 0.6) is 17.2 Å². The lowest BCUT2D eigenvalue weighted by Gasteiger charge is -2.25. The molecule has 0 unspecified atom stereocenters. The summed E-state index contributed by atoms with van der Waals surface area (Å²) in [5.74, 6) is 2.41. The summed E-state index contributed by atoms with van der Waals surface area (Å²) >= 11 is 0. The van der Waals surface area contributed by atoms with E-state index in [0.717, 1.165) is 66.9 Å². The molecule has 3 nitrogen and oxygen atoms in total. The van der Waals surface area contributed by atoms with E-state index in [0.29, 0.717) is 19.8 Å². The Morgan fingerprint density at radius 3 is 0.821 bits per heavy atom. The summed E-state index contributed by atoms with van der Waals surface area (Å²) in [6.45, 7) is 8.77. The average Bonchev–Trinajstić information content (AvgIpc) is 3.36. The van der Waals surface area contributed by atoms with Crippen LogP contribution in [-0.2, 0) is 0 Å². The molecule has 67 heavy (non-hydrogen) atoms. The van der Waals surface area contributed by atoms with Crippen LogP contribution < -0.4 is 14.2 Å². The predicted molar refractivity (Wildman–Crippen MR) is 292 cm³/mol. The molecule has 0 radical (unpaired) electrons. The van der Waals surface area contributed by atoms with Gasteiger partial charge in [0.25, 0.3) is 0 Å². The lowest BCUT2D eigenvalue weighted by atomic mass is 9.86. The van der Waals surface area contributed by atoms with Gasteiger partial charge >= 0.3 is 0 Å². The molecule has 0 bridgehead atoms. The van der Waals surface area contributed by atoms with E-state index in [1.54, 1.807) is 0 Å². The number of benzene rings is 7. The Morgan fingerprint density at radius 2 is 0.522 bits per heavy atom. The van der Waals surface area contributed by atoms with Crippen LogP contribution in [0.4, 0.5) is 0 Å². The van der Waals surface area contributed by atoms with Gasteiger partial charge in [-0.1, -0.05) is 253 Å². The third-order valence-electron chi connectivity index (χ3n) is 14.0. The van der Waals surface area contributed by atoms with Crippen molar-refractivity contribution in [2.24, 2.45) is 0 Å². The zero-order valence-corrected chi connectivity index (χ0v) is 41.8. The standard InChI is InChI=1S/C64H82O3/c1-4-7-10-13-16-19-22-33-44-65-62-58(60-54-40-29-25-36-50(54)47-51-37-26-30-41-55(51)60)49-59(61-56-42-31-27-38-52(56)48-53-39-28-32-43-57(53)61)63(66-45-34-23-20-17-14-11-8-5-2)64(62)67-46-35-24-21-18-15-12-9-6-3/h25-32,36-43,47-49H,4-24,33-35,44-46H2,1-3H3. The van der Waals surface area contributed by atoms with Gasteiger partial charge in [0, 0.05) is 22.3 Å². The molecule has 0 aliphatic heterocycles. The van der Waals surface area contributed by atoms with E-state index in [-0.39, 0.29) is 0 Å². The highest BCUT2D eigenvalue weighted by molar-refractivity contribution is 6.17. The van der Waals surface area contributed by atoms with E-state index < -0.39 is 0 Å². The lowest BCUT2D eigenvalue weighted by molar-refractivity contribution is 0.235. The monoisotopic (exact) mass is 899 g/mol. The first-order valence-electron chi connectivity index (χ1n) is 27.1. The minimum absolute atomic E-state index is 0.618. The summed E-state index contributed by atoms with van der Waals surface area (Å²) in [6.07, 6.45) is 30.0. The van der Waals surface area contributed by atoms with E-state index in [9.17, 15) is 0 Å². The quantitative estimate of drug-likeness (QED) is 0.0311.